The summed E-state index contributed by atoms with van der Waals surface area (Å²) in [5.41, 5.74) is 0.970. The number of aromatic amines is 2. The second-order valence-corrected chi connectivity index (χ2v) is 7.77. The van der Waals surface area contributed by atoms with Gasteiger partial charge in [0, 0.05) is 11.8 Å². The second-order valence-electron chi connectivity index (χ2n) is 5.48. The van der Waals surface area contributed by atoms with Crippen molar-refractivity contribution in [1.29, 1.82) is 0 Å². The van der Waals surface area contributed by atoms with E-state index in [1.165, 1.54) is 6.33 Å². The van der Waals surface area contributed by atoms with Crippen LogP contribution in [0.4, 0.5) is 0 Å². The van der Waals surface area contributed by atoms with Crippen LogP contribution in [0.25, 0.3) is 11.0 Å². The van der Waals surface area contributed by atoms with Crippen LogP contribution in [0.15, 0.2) is 17.3 Å². The van der Waals surface area contributed by atoms with Crippen LogP contribution in [0, 0.1) is 0 Å². The molecule has 0 radical (unpaired) electrons. The van der Waals surface area contributed by atoms with Crippen molar-refractivity contribution >= 4 is 28.2 Å². The quantitative estimate of drug-likeness (QED) is 0.546. The molecule has 9 nitrogen and oxygen atoms in total. The SMILES string of the molecule is C[PH](=O)CO[C@@H]1[C@@H](O)[C@@H](O)[C@H](c2c[nH]c3c(=O)[nH]cnc23)N1P. The lowest BCUT2D eigenvalue weighted by molar-refractivity contribution is -0.0640. The Balaban J connectivity index is 1.96. The van der Waals surface area contributed by atoms with E-state index in [4.69, 9.17) is 4.74 Å². The average Bonchev–Trinajstić information content (AvgIpc) is 3.00. The van der Waals surface area contributed by atoms with E-state index in [1.54, 1.807) is 17.5 Å². The molecule has 4 N–H and O–H groups in total. The molecule has 23 heavy (non-hydrogen) atoms. The van der Waals surface area contributed by atoms with Crippen LogP contribution in [-0.2, 0) is 9.30 Å². The zero-order valence-corrected chi connectivity index (χ0v) is 14.4. The Morgan fingerprint density at radius 3 is 2.87 bits per heavy atom. The smallest absolute Gasteiger partial charge is 0.275 e. The highest BCUT2D eigenvalue weighted by atomic mass is 31.1. The first-order chi connectivity index (χ1) is 10.9. The van der Waals surface area contributed by atoms with Gasteiger partial charge in [-0.25, -0.2) is 9.65 Å². The molecule has 2 aromatic heterocycles. The molecule has 1 aliphatic rings. The third-order valence-electron chi connectivity index (χ3n) is 3.86. The molecule has 2 aromatic rings. The van der Waals surface area contributed by atoms with Gasteiger partial charge in [0.25, 0.3) is 5.56 Å². The number of hydrogen-bond donors (Lipinski definition) is 4. The summed E-state index contributed by atoms with van der Waals surface area (Å²) >= 11 is 0. The van der Waals surface area contributed by atoms with Crippen LogP contribution in [0.2, 0.25) is 0 Å². The third kappa shape index (κ3) is 2.89. The number of aliphatic hydroxyl groups excluding tert-OH is 2. The summed E-state index contributed by atoms with van der Waals surface area (Å²) in [6.45, 7) is 1.56. The van der Waals surface area contributed by atoms with Gasteiger partial charge >= 0.3 is 0 Å². The summed E-state index contributed by atoms with van der Waals surface area (Å²) in [5.74, 6) is 0. The van der Waals surface area contributed by atoms with Gasteiger partial charge in [-0.1, -0.05) is 9.39 Å². The molecular formula is C12H18N4O5P2. The van der Waals surface area contributed by atoms with Gasteiger partial charge in [0.15, 0.2) is 0 Å². The van der Waals surface area contributed by atoms with Crippen LogP contribution < -0.4 is 5.56 Å². The highest BCUT2D eigenvalue weighted by Gasteiger charge is 2.48. The van der Waals surface area contributed by atoms with E-state index < -0.39 is 32.3 Å². The molecule has 3 heterocycles. The number of ether oxygens (including phenoxy) is 1. The minimum Gasteiger partial charge on any atom is -0.388 e. The lowest BCUT2D eigenvalue weighted by Crippen LogP contribution is -2.34. The van der Waals surface area contributed by atoms with E-state index in [0.717, 1.165) is 0 Å². The Kier molecular flexibility index (Phi) is 4.69. The maximum absolute atomic E-state index is 11.8. The predicted molar refractivity (Wildman–Crippen MR) is 87.7 cm³/mol. The minimum atomic E-state index is -1.86. The van der Waals surface area contributed by atoms with E-state index in [0.29, 0.717) is 16.6 Å². The molecule has 2 unspecified atom stereocenters. The molecule has 3 rings (SSSR count). The van der Waals surface area contributed by atoms with E-state index in [1.807, 2.05) is 0 Å². The summed E-state index contributed by atoms with van der Waals surface area (Å²) in [5, 5.41) is 20.6. The topological polar surface area (TPSA) is 132 Å². The Morgan fingerprint density at radius 2 is 2.17 bits per heavy atom. The van der Waals surface area contributed by atoms with Crippen molar-refractivity contribution in [2.24, 2.45) is 0 Å². The van der Waals surface area contributed by atoms with Crippen molar-refractivity contribution in [3.8, 4) is 0 Å². The highest BCUT2D eigenvalue weighted by molar-refractivity contribution is 7.43. The lowest BCUT2D eigenvalue weighted by atomic mass is 10.0. The molecular weight excluding hydrogens is 342 g/mol. The number of H-pyrrole nitrogens is 2. The summed E-state index contributed by atoms with van der Waals surface area (Å²) in [4.78, 5) is 21.2. The number of rotatable bonds is 4. The first-order valence-corrected chi connectivity index (χ1v) is 9.60. The normalized spacial score (nSPS) is 30.1. The fraction of sp³-hybridized carbons (Fsp3) is 0.500. The van der Waals surface area contributed by atoms with Crippen molar-refractivity contribution < 1.29 is 19.5 Å². The molecule has 0 saturated carbocycles. The number of nitrogens with zero attached hydrogens (tertiary/aromatic N) is 2. The largest absolute Gasteiger partial charge is 0.388 e. The number of nitrogens with one attached hydrogen (secondary N) is 2. The maximum atomic E-state index is 11.8. The second kappa shape index (κ2) is 6.43. The summed E-state index contributed by atoms with van der Waals surface area (Å²) in [7, 11) is 0.543. The number of aliphatic hydroxyl groups is 2. The van der Waals surface area contributed by atoms with Crippen LogP contribution in [0.1, 0.15) is 11.6 Å². The Bertz CT molecular complexity index is 793. The number of aromatic nitrogens is 3. The standard InChI is InChI=1S/C12H18N4O5P2/c1-23(20)4-21-12-10(18)9(17)8(16(12)22)5-2-13-7-6(5)14-3-15-11(7)19/h2-3,8-10,12-13,17-18,23H,4,22H2,1H3,(H,14,15,19)/t8-,9-,10-,12+/m0/s1. The molecule has 6 atom stereocenters. The summed E-state index contributed by atoms with van der Waals surface area (Å²) in [6, 6.07) is -0.637. The van der Waals surface area contributed by atoms with E-state index >= 15 is 0 Å². The fourth-order valence-corrected chi connectivity index (χ4v) is 3.80. The zero-order chi connectivity index (χ0) is 16.7. The summed E-state index contributed by atoms with van der Waals surface area (Å²) < 4.78 is 18.3. The number of fused-ring (bicyclic) bond motifs is 1. The van der Waals surface area contributed by atoms with Crippen molar-refractivity contribution in [2.45, 2.75) is 24.5 Å². The Morgan fingerprint density at radius 1 is 1.43 bits per heavy atom. The average molecular weight is 360 g/mol. The predicted octanol–water partition coefficient (Wildman–Crippen LogP) is -0.391. The molecule has 1 fully saturated rings. The fourth-order valence-electron chi connectivity index (χ4n) is 2.79. The van der Waals surface area contributed by atoms with Gasteiger partial charge in [-0.3, -0.25) is 4.79 Å². The molecule has 0 spiro atoms. The minimum absolute atomic E-state index is 0.0164. The molecule has 1 saturated heterocycles. The first-order valence-electron chi connectivity index (χ1n) is 6.96. The van der Waals surface area contributed by atoms with Crippen molar-refractivity contribution in [3.05, 3.63) is 28.4 Å². The van der Waals surface area contributed by atoms with Crippen molar-refractivity contribution in [2.75, 3.05) is 13.0 Å². The molecule has 0 amide bonds. The van der Waals surface area contributed by atoms with Gasteiger partial charge in [0.1, 0.15) is 29.5 Å². The van der Waals surface area contributed by atoms with Crippen LogP contribution in [0.3, 0.4) is 0 Å². The van der Waals surface area contributed by atoms with Gasteiger partial charge < -0.3 is 29.5 Å². The molecule has 126 valence electrons. The zero-order valence-electron chi connectivity index (χ0n) is 12.3. The van der Waals surface area contributed by atoms with Gasteiger partial charge in [-0.15, -0.1) is 0 Å². The molecule has 0 bridgehead atoms. The lowest BCUT2D eigenvalue weighted by Gasteiger charge is -2.25. The Hall–Kier alpha value is -1.08. The first kappa shape index (κ1) is 16.8. The van der Waals surface area contributed by atoms with Crippen molar-refractivity contribution in [1.82, 2.24) is 19.6 Å². The molecule has 0 aliphatic carbocycles. The van der Waals surface area contributed by atoms with Gasteiger partial charge in [-0.05, 0) is 6.66 Å². The number of hydrogen-bond acceptors (Lipinski definition) is 7. The van der Waals surface area contributed by atoms with E-state index in [9.17, 15) is 19.6 Å². The maximum Gasteiger partial charge on any atom is 0.275 e. The molecule has 11 heteroatoms. The van der Waals surface area contributed by atoms with Crippen LogP contribution in [0.5, 0.6) is 0 Å². The third-order valence-corrected chi connectivity index (χ3v) is 5.04. The highest BCUT2D eigenvalue weighted by Crippen LogP contribution is 2.41. The molecule has 1 aliphatic heterocycles. The van der Waals surface area contributed by atoms with E-state index in [-0.39, 0.29) is 11.9 Å². The monoisotopic (exact) mass is 360 g/mol. The Labute approximate surface area is 134 Å². The van der Waals surface area contributed by atoms with Gasteiger partial charge in [0.2, 0.25) is 0 Å². The van der Waals surface area contributed by atoms with E-state index in [2.05, 4.69) is 24.3 Å². The summed E-state index contributed by atoms with van der Waals surface area (Å²) in [6.07, 6.45) is -0.259. The van der Waals surface area contributed by atoms with Gasteiger partial charge in [0.05, 0.1) is 26.5 Å². The van der Waals surface area contributed by atoms with Crippen molar-refractivity contribution in [3.63, 3.8) is 0 Å². The van der Waals surface area contributed by atoms with Crippen LogP contribution in [-0.4, -0.2) is 61.3 Å². The molecule has 0 aromatic carbocycles. The van der Waals surface area contributed by atoms with Gasteiger partial charge in [-0.2, -0.15) is 0 Å². The van der Waals surface area contributed by atoms with Crippen LogP contribution >= 0.6 is 17.2 Å².